The number of hydrogen-bond donors (Lipinski definition) is 0. The average Bonchev–Trinajstić information content (AvgIpc) is 1.86. The molecule has 0 aliphatic rings. The predicted octanol–water partition coefficient (Wildman–Crippen LogP) is 1.13. The Balaban J connectivity index is 3.97. The Morgan fingerprint density at radius 3 is 2.44 bits per heavy atom. The van der Waals surface area contributed by atoms with E-state index in [9.17, 15) is 9.18 Å². The van der Waals surface area contributed by atoms with Gasteiger partial charge in [-0.05, 0) is 6.92 Å². The second-order valence-electron chi connectivity index (χ2n) is 1.82. The molecule has 0 aromatic carbocycles. The molecular formula is C5H8ClFO2. The fraction of sp³-hybridized carbons (Fsp3) is 0.800. The molecule has 2 nitrogen and oxygen atoms in total. The molecule has 0 aliphatic heterocycles. The number of rotatable bonds is 2. The van der Waals surface area contributed by atoms with Gasteiger partial charge in [-0.2, -0.15) is 0 Å². The van der Waals surface area contributed by atoms with Crippen LogP contribution in [0.5, 0.6) is 0 Å². The van der Waals surface area contributed by atoms with Crippen LogP contribution in [0.3, 0.4) is 0 Å². The summed E-state index contributed by atoms with van der Waals surface area (Å²) in [7, 11) is 1.12. The molecule has 0 rings (SSSR count). The molecular weight excluding hydrogens is 147 g/mol. The third-order valence-electron chi connectivity index (χ3n) is 0.862. The van der Waals surface area contributed by atoms with Crippen LogP contribution < -0.4 is 0 Å². The molecule has 0 heterocycles. The second kappa shape index (κ2) is 3.01. The first-order valence-electron chi connectivity index (χ1n) is 2.38. The van der Waals surface area contributed by atoms with Gasteiger partial charge < -0.3 is 4.74 Å². The summed E-state index contributed by atoms with van der Waals surface area (Å²) in [6.45, 7) is 1.08. The third kappa shape index (κ3) is 2.18. The zero-order chi connectivity index (χ0) is 7.49. The van der Waals surface area contributed by atoms with E-state index in [2.05, 4.69) is 4.74 Å². The van der Waals surface area contributed by atoms with Crippen molar-refractivity contribution < 1.29 is 13.9 Å². The average molecular weight is 155 g/mol. The van der Waals surface area contributed by atoms with Crippen molar-refractivity contribution in [1.82, 2.24) is 0 Å². The highest BCUT2D eigenvalue weighted by Crippen LogP contribution is 2.13. The fourth-order valence-corrected chi connectivity index (χ4v) is 0.376. The van der Waals surface area contributed by atoms with E-state index < -0.39 is 11.6 Å². The van der Waals surface area contributed by atoms with Gasteiger partial charge in [-0.25, -0.2) is 9.18 Å². The van der Waals surface area contributed by atoms with Gasteiger partial charge in [0.1, 0.15) is 0 Å². The van der Waals surface area contributed by atoms with Gasteiger partial charge in [0.2, 0.25) is 5.67 Å². The maximum absolute atomic E-state index is 12.6. The van der Waals surface area contributed by atoms with E-state index in [4.69, 9.17) is 11.6 Å². The lowest BCUT2D eigenvalue weighted by atomic mass is 10.2. The van der Waals surface area contributed by atoms with Gasteiger partial charge in [-0.1, -0.05) is 0 Å². The monoisotopic (exact) mass is 154 g/mol. The highest BCUT2D eigenvalue weighted by molar-refractivity contribution is 6.20. The van der Waals surface area contributed by atoms with Gasteiger partial charge in [0.05, 0.1) is 13.0 Å². The normalized spacial score (nSPS) is 16.4. The first kappa shape index (κ1) is 8.69. The number of alkyl halides is 2. The maximum Gasteiger partial charge on any atom is 0.344 e. The van der Waals surface area contributed by atoms with Gasteiger partial charge in [-0.15, -0.1) is 11.6 Å². The van der Waals surface area contributed by atoms with Crippen LogP contribution >= 0.6 is 11.6 Å². The molecule has 0 fully saturated rings. The summed E-state index contributed by atoms with van der Waals surface area (Å²) in [4.78, 5) is 10.4. The third-order valence-corrected chi connectivity index (χ3v) is 1.36. The van der Waals surface area contributed by atoms with Crippen LogP contribution in [-0.4, -0.2) is 24.6 Å². The van der Waals surface area contributed by atoms with Crippen molar-refractivity contribution in [2.24, 2.45) is 0 Å². The van der Waals surface area contributed by atoms with Crippen molar-refractivity contribution in [2.45, 2.75) is 12.6 Å². The molecule has 0 saturated heterocycles. The number of halogens is 2. The molecule has 0 saturated carbocycles. The maximum atomic E-state index is 12.6. The largest absolute Gasteiger partial charge is 0.467 e. The fourth-order valence-electron chi connectivity index (χ4n) is 0.267. The predicted molar refractivity (Wildman–Crippen MR) is 32.2 cm³/mol. The lowest BCUT2D eigenvalue weighted by Crippen LogP contribution is -2.33. The standard InChI is InChI=1S/C5H8ClFO2/c1-5(7,3-6)4(8)9-2/h3H2,1-2H3. The molecule has 0 N–H and O–H groups in total. The van der Waals surface area contributed by atoms with E-state index in [1.165, 1.54) is 0 Å². The van der Waals surface area contributed by atoms with Crippen molar-refractivity contribution >= 4 is 17.6 Å². The molecule has 0 spiro atoms. The van der Waals surface area contributed by atoms with Crippen molar-refractivity contribution in [1.29, 1.82) is 0 Å². The van der Waals surface area contributed by atoms with Gasteiger partial charge in [0.25, 0.3) is 0 Å². The van der Waals surface area contributed by atoms with Crippen LogP contribution in [-0.2, 0) is 9.53 Å². The van der Waals surface area contributed by atoms with E-state index in [1.54, 1.807) is 0 Å². The van der Waals surface area contributed by atoms with E-state index in [0.29, 0.717) is 0 Å². The number of carbonyl (C=O) groups is 1. The van der Waals surface area contributed by atoms with Crippen LogP contribution in [0.4, 0.5) is 4.39 Å². The highest BCUT2D eigenvalue weighted by atomic mass is 35.5. The first-order valence-corrected chi connectivity index (χ1v) is 2.91. The Bertz CT molecular complexity index is 114. The number of ether oxygens (including phenoxy) is 1. The smallest absolute Gasteiger partial charge is 0.344 e. The SMILES string of the molecule is COC(=O)C(C)(F)CCl. The molecule has 1 atom stereocenters. The van der Waals surface area contributed by atoms with Gasteiger partial charge in [0.15, 0.2) is 0 Å². The summed E-state index contributed by atoms with van der Waals surface area (Å²) in [6.07, 6.45) is 0. The summed E-state index contributed by atoms with van der Waals surface area (Å²) in [5, 5.41) is 0. The number of hydrogen-bond acceptors (Lipinski definition) is 2. The number of esters is 1. The zero-order valence-electron chi connectivity index (χ0n) is 5.28. The molecule has 54 valence electrons. The van der Waals surface area contributed by atoms with E-state index in [-0.39, 0.29) is 5.88 Å². The summed E-state index contributed by atoms with van der Waals surface area (Å²) in [5.74, 6) is -1.31. The summed E-state index contributed by atoms with van der Waals surface area (Å²) < 4.78 is 16.7. The lowest BCUT2D eigenvalue weighted by Gasteiger charge is -2.12. The molecule has 4 heteroatoms. The Kier molecular flexibility index (Phi) is 2.91. The van der Waals surface area contributed by atoms with E-state index in [0.717, 1.165) is 14.0 Å². The summed E-state index contributed by atoms with van der Waals surface area (Å²) >= 11 is 5.09. The Hall–Kier alpha value is -0.310. The van der Waals surface area contributed by atoms with Gasteiger partial charge >= 0.3 is 5.97 Å². The zero-order valence-corrected chi connectivity index (χ0v) is 6.04. The summed E-state index contributed by atoms with van der Waals surface area (Å²) in [6, 6.07) is 0. The lowest BCUT2D eigenvalue weighted by molar-refractivity contribution is -0.151. The highest BCUT2D eigenvalue weighted by Gasteiger charge is 2.32. The Morgan fingerprint density at radius 1 is 1.89 bits per heavy atom. The van der Waals surface area contributed by atoms with Crippen molar-refractivity contribution in [3.05, 3.63) is 0 Å². The Labute approximate surface area is 57.9 Å². The minimum Gasteiger partial charge on any atom is -0.467 e. The van der Waals surface area contributed by atoms with E-state index in [1.807, 2.05) is 0 Å². The van der Waals surface area contributed by atoms with Gasteiger partial charge in [0, 0.05) is 0 Å². The van der Waals surface area contributed by atoms with Gasteiger partial charge in [-0.3, -0.25) is 0 Å². The number of carbonyl (C=O) groups excluding carboxylic acids is 1. The molecule has 1 unspecified atom stereocenters. The van der Waals surface area contributed by atoms with Crippen LogP contribution in [0.25, 0.3) is 0 Å². The molecule has 0 bridgehead atoms. The van der Waals surface area contributed by atoms with Crippen molar-refractivity contribution in [2.75, 3.05) is 13.0 Å². The van der Waals surface area contributed by atoms with Crippen molar-refractivity contribution in [3.8, 4) is 0 Å². The van der Waals surface area contributed by atoms with Crippen LogP contribution in [0, 0.1) is 0 Å². The number of methoxy groups -OCH3 is 1. The van der Waals surface area contributed by atoms with E-state index >= 15 is 0 Å². The molecule has 0 aliphatic carbocycles. The topological polar surface area (TPSA) is 26.3 Å². The minimum absolute atomic E-state index is 0.375. The van der Waals surface area contributed by atoms with Crippen LogP contribution in [0.1, 0.15) is 6.92 Å². The molecule has 0 radical (unpaired) electrons. The first-order chi connectivity index (χ1) is 4.04. The molecule has 0 aromatic rings. The summed E-state index contributed by atoms with van der Waals surface area (Å²) in [5.41, 5.74) is -2.05. The minimum atomic E-state index is -2.05. The molecule has 9 heavy (non-hydrogen) atoms. The molecule has 0 amide bonds. The quantitative estimate of drug-likeness (QED) is 0.440. The van der Waals surface area contributed by atoms with Crippen LogP contribution in [0.2, 0.25) is 0 Å². The second-order valence-corrected chi connectivity index (χ2v) is 2.09. The van der Waals surface area contributed by atoms with Crippen molar-refractivity contribution in [3.63, 3.8) is 0 Å². The molecule has 0 aromatic heterocycles. The Morgan fingerprint density at radius 2 is 2.33 bits per heavy atom. The van der Waals surface area contributed by atoms with Crippen LogP contribution in [0.15, 0.2) is 0 Å².